The molecule has 1 aliphatic heterocycles. The molecule has 0 spiro atoms. The quantitative estimate of drug-likeness (QED) is 0.303. The summed E-state index contributed by atoms with van der Waals surface area (Å²) in [6.07, 6.45) is -0.706. The lowest BCUT2D eigenvalue weighted by molar-refractivity contribution is -0.135. The van der Waals surface area contributed by atoms with E-state index in [9.17, 15) is 9.59 Å². The van der Waals surface area contributed by atoms with Gasteiger partial charge in [-0.2, -0.15) is 0 Å². The highest BCUT2D eigenvalue weighted by molar-refractivity contribution is 6.30. The topological polar surface area (TPSA) is 65.1 Å². The van der Waals surface area contributed by atoms with Gasteiger partial charge in [-0.1, -0.05) is 23.7 Å². The van der Waals surface area contributed by atoms with Gasteiger partial charge in [-0.3, -0.25) is 9.69 Å². The first-order chi connectivity index (χ1) is 16.4. The van der Waals surface area contributed by atoms with Crippen LogP contribution in [0.15, 0.2) is 66.7 Å². The van der Waals surface area contributed by atoms with E-state index in [0.717, 1.165) is 16.9 Å². The summed E-state index contributed by atoms with van der Waals surface area (Å²) in [4.78, 5) is 27.0. The highest BCUT2D eigenvalue weighted by atomic mass is 35.5. The highest BCUT2D eigenvalue weighted by Crippen LogP contribution is 2.42. The van der Waals surface area contributed by atoms with Gasteiger partial charge in [0.2, 0.25) is 6.10 Å². The zero-order chi connectivity index (χ0) is 24.2. The molecule has 0 unspecified atom stereocenters. The van der Waals surface area contributed by atoms with E-state index in [2.05, 4.69) is 0 Å². The molecule has 1 heterocycles. The van der Waals surface area contributed by atoms with Gasteiger partial charge in [0.05, 0.1) is 18.8 Å². The van der Waals surface area contributed by atoms with Crippen molar-refractivity contribution < 1.29 is 23.8 Å². The molecule has 1 saturated heterocycles. The van der Waals surface area contributed by atoms with Crippen LogP contribution < -0.4 is 14.4 Å². The first-order valence-corrected chi connectivity index (χ1v) is 11.6. The van der Waals surface area contributed by atoms with Crippen molar-refractivity contribution in [3.63, 3.8) is 0 Å². The van der Waals surface area contributed by atoms with Crippen LogP contribution in [0.1, 0.15) is 41.4 Å². The first kappa shape index (κ1) is 23.6. The second-order valence-electron chi connectivity index (χ2n) is 7.87. The van der Waals surface area contributed by atoms with Gasteiger partial charge in [0.25, 0.3) is 5.91 Å². The Morgan fingerprint density at radius 2 is 1.68 bits per heavy atom. The molecular formula is C27H26ClNO5. The number of β-lactam (4-membered cyclic amide) rings is 1. The molecule has 0 N–H and O–H groups in total. The molecule has 1 amide bonds. The zero-order valence-electron chi connectivity index (χ0n) is 19.3. The van der Waals surface area contributed by atoms with E-state index in [0.29, 0.717) is 35.2 Å². The molecule has 34 heavy (non-hydrogen) atoms. The Hall–Kier alpha value is -3.51. The second-order valence-corrected chi connectivity index (χ2v) is 8.31. The number of anilines is 1. The van der Waals surface area contributed by atoms with Crippen molar-refractivity contribution in [2.75, 3.05) is 18.1 Å². The second kappa shape index (κ2) is 10.2. The van der Waals surface area contributed by atoms with E-state index < -0.39 is 12.1 Å². The van der Waals surface area contributed by atoms with Gasteiger partial charge < -0.3 is 14.2 Å². The summed E-state index contributed by atoms with van der Waals surface area (Å²) in [6.45, 7) is 6.45. The van der Waals surface area contributed by atoms with E-state index in [1.54, 1.807) is 54.3 Å². The van der Waals surface area contributed by atoms with Crippen molar-refractivity contribution in [2.24, 2.45) is 0 Å². The van der Waals surface area contributed by atoms with Crippen LogP contribution in [0.5, 0.6) is 11.5 Å². The predicted molar refractivity (Wildman–Crippen MR) is 131 cm³/mol. The van der Waals surface area contributed by atoms with Crippen molar-refractivity contribution in [3.8, 4) is 11.5 Å². The monoisotopic (exact) mass is 479 g/mol. The zero-order valence-corrected chi connectivity index (χ0v) is 20.0. The summed E-state index contributed by atoms with van der Waals surface area (Å²) < 4.78 is 16.8. The van der Waals surface area contributed by atoms with E-state index in [1.165, 1.54) is 0 Å². The summed E-state index contributed by atoms with van der Waals surface area (Å²) in [5, 5.41) is 0.608. The number of ether oxygens (including phenoxy) is 3. The number of hydrogen-bond acceptors (Lipinski definition) is 5. The first-order valence-electron chi connectivity index (χ1n) is 11.2. The van der Waals surface area contributed by atoms with E-state index in [4.69, 9.17) is 25.8 Å². The fourth-order valence-corrected chi connectivity index (χ4v) is 4.20. The molecule has 0 saturated carbocycles. The number of nitrogens with zero attached hydrogens (tertiary/aromatic N) is 1. The number of halogens is 1. The van der Waals surface area contributed by atoms with Gasteiger partial charge in [0, 0.05) is 10.7 Å². The lowest BCUT2D eigenvalue weighted by atomic mass is 9.89. The fourth-order valence-electron chi connectivity index (χ4n) is 3.97. The molecule has 7 heteroatoms. The van der Waals surface area contributed by atoms with Gasteiger partial charge >= 0.3 is 5.97 Å². The molecule has 0 aromatic heterocycles. The maximum absolute atomic E-state index is 13.3. The number of rotatable bonds is 8. The van der Waals surface area contributed by atoms with E-state index in [-0.39, 0.29) is 11.9 Å². The minimum Gasteiger partial charge on any atom is -0.494 e. The Bertz CT molecular complexity index is 1180. The average Bonchev–Trinajstić information content (AvgIpc) is 2.83. The Kier molecular flexibility index (Phi) is 7.08. The van der Waals surface area contributed by atoms with Crippen molar-refractivity contribution in [1.29, 1.82) is 0 Å². The third kappa shape index (κ3) is 4.73. The fraction of sp³-hybridized carbons (Fsp3) is 0.259. The summed E-state index contributed by atoms with van der Waals surface area (Å²) >= 11 is 6.08. The lowest BCUT2D eigenvalue weighted by Gasteiger charge is -2.46. The molecule has 176 valence electrons. The van der Waals surface area contributed by atoms with Gasteiger partial charge in [-0.05, 0) is 86.5 Å². The Morgan fingerprint density at radius 3 is 2.29 bits per heavy atom. The summed E-state index contributed by atoms with van der Waals surface area (Å²) in [5.74, 6) is 0.799. The standard InChI is InChI=1S/C27H26ClNO5/c1-4-32-22-13-8-18(9-14-22)24-25(34-23-15-10-20(28)16-17(23)3)26(30)29(24)21-11-6-19(7-12-21)27(31)33-5-2/h6-16,24-25H,4-5H2,1-3H3/t24-,25+/m1/s1. The maximum atomic E-state index is 13.3. The predicted octanol–water partition coefficient (Wildman–Crippen LogP) is 5.76. The molecule has 3 aromatic rings. The van der Waals surface area contributed by atoms with Crippen LogP contribution in [0, 0.1) is 6.92 Å². The van der Waals surface area contributed by atoms with Crippen LogP contribution >= 0.6 is 11.6 Å². The molecule has 1 fully saturated rings. The minimum atomic E-state index is -0.706. The van der Waals surface area contributed by atoms with Gasteiger partial charge in [-0.15, -0.1) is 0 Å². The van der Waals surface area contributed by atoms with Crippen LogP contribution in [-0.4, -0.2) is 31.2 Å². The van der Waals surface area contributed by atoms with Crippen LogP contribution in [0.2, 0.25) is 5.02 Å². The maximum Gasteiger partial charge on any atom is 0.338 e. The number of hydrogen-bond donors (Lipinski definition) is 0. The summed E-state index contributed by atoms with van der Waals surface area (Å²) in [7, 11) is 0. The Labute approximate surface area is 204 Å². The molecular weight excluding hydrogens is 454 g/mol. The number of benzene rings is 3. The molecule has 0 bridgehead atoms. The normalized spacial score (nSPS) is 17.2. The van der Waals surface area contributed by atoms with Crippen LogP contribution in [0.4, 0.5) is 5.69 Å². The molecule has 6 nitrogen and oxygen atoms in total. The minimum absolute atomic E-state index is 0.169. The molecule has 4 rings (SSSR count). The lowest BCUT2D eigenvalue weighted by Crippen LogP contribution is -2.61. The van der Waals surface area contributed by atoms with Gasteiger partial charge in [-0.25, -0.2) is 4.79 Å². The van der Waals surface area contributed by atoms with E-state index in [1.807, 2.05) is 38.1 Å². The third-order valence-corrected chi connectivity index (χ3v) is 5.86. The Balaban J connectivity index is 1.65. The van der Waals surface area contributed by atoms with Crippen molar-refractivity contribution >= 4 is 29.2 Å². The number of aryl methyl sites for hydroxylation is 1. The highest BCUT2D eigenvalue weighted by Gasteiger charge is 2.51. The largest absolute Gasteiger partial charge is 0.494 e. The summed E-state index contributed by atoms with van der Waals surface area (Å²) in [6, 6.07) is 19.4. The van der Waals surface area contributed by atoms with Crippen molar-refractivity contribution in [1.82, 2.24) is 0 Å². The molecule has 0 radical (unpaired) electrons. The third-order valence-electron chi connectivity index (χ3n) is 5.63. The number of amides is 1. The SMILES string of the molecule is CCOC(=O)c1ccc(N2C(=O)[C@@H](Oc3ccc(Cl)cc3C)[C@H]2c2ccc(OCC)cc2)cc1. The molecule has 1 aliphatic rings. The Morgan fingerprint density at radius 1 is 0.971 bits per heavy atom. The van der Waals surface area contributed by atoms with Crippen LogP contribution in [0.25, 0.3) is 0 Å². The smallest absolute Gasteiger partial charge is 0.338 e. The van der Waals surface area contributed by atoms with Gasteiger partial charge in [0.15, 0.2) is 0 Å². The molecule has 3 aromatic carbocycles. The van der Waals surface area contributed by atoms with Crippen LogP contribution in [0.3, 0.4) is 0 Å². The average molecular weight is 480 g/mol. The van der Waals surface area contributed by atoms with Crippen molar-refractivity contribution in [3.05, 3.63) is 88.4 Å². The summed E-state index contributed by atoms with van der Waals surface area (Å²) in [5.41, 5.74) is 2.86. The number of esters is 1. The van der Waals surface area contributed by atoms with Gasteiger partial charge in [0.1, 0.15) is 17.5 Å². The van der Waals surface area contributed by atoms with Crippen molar-refractivity contribution in [2.45, 2.75) is 32.9 Å². The van der Waals surface area contributed by atoms with E-state index >= 15 is 0 Å². The number of carbonyl (C=O) groups excluding carboxylic acids is 2. The molecule has 2 atom stereocenters. The molecule has 0 aliphatic carbocycles. The number of carbonyl (C=O) groups is 2. The van der Waals surface area contributed by atoms with Crippen LogP contribution in [-0.2, 0) is 9.53 Å².